The lowest BCUT2D eigenvalue weighted by Gasteiger charge is -2.34. The number of amides is 1. The number of hydrogen-bond donors (Lipinski definition) is 2. The van der Waals surface area contributed by atoms with E-state index in [-0.39, 0.29) is 12.0 Å². The Morgan fingerprint density at radius 3 is 2.32 bits per heavy atom. The third-order valence-electron chi connectivity index (χ3n) is 4.69. The lowest BCUT2D eigenvalue weighted by atomic mass is 9.92. The highest BCUT2D eigenvalue weighted by molar-refractivity contribution is 7.99. The van der Waals surface area contributed by atoms with Crippen LogP contribution in [0.3, 0.4) is 0 Å². The van der Waals surface area contributed by atoms with E-state index in [4.69, 9.17) is 4.74 Å². The second-order valence-electron chi connectivity index (χ2n) is 6.38. The average molecular weight is 329 g/mol. The first kappa shape index (κ1) is 17.6. The molecule has 0 radical (unpaired) electrons. The molecule has 0 spiro atoms. The van der Waals surface area contributed by atoms with Crippen LogP contribution in [-0.2, 0) is 14.3 Å². The van der Waals surface area contributed by atoms with Crippen molar-refractivity contribution in [1.82, 2.24) is 5.32 Å². The Bertz CT molecular complexity index is 388. The number of ether oxygens (including phenoxy) is 1. The lowest BCUT2D eigenvalue weighted by molar-refractivity contribution is -0.151. The van der Waals surface area contributed by atoms with Crippen molar-refractivity contribution in [2.75, 3.05) is 11.5 Å². The van der Waals surface area contributed by atoms with Gasteiger partial charge in [-0.1, -0.05) is 25.7 Å². The zero-order chi connectivity index (χ0) is 16.0. The summed E-state index contributed by atoms with van der Waals surface area (Å²) in [5.41, 5.74) is -1.11. The van der Waals surface area contributed by atoms with Crippen LogP contribution in [0, 0.1) is 0 Å². The van der Waals surface area contributed by atoms with Crippen LogP contribution in [0.25, 0.3) is 0 Å². The van der Waals surface area contributed by atoms with Crippen molar-refractivity contribution in [3.05, 3.63) is 0 Å². The van der Waals surface area contributed by atoms with Gasteiger partial charge in [0, 0.05) is 0 Å². The molecule has 2 N–H and O–H groups in total. The molecular weight excluding hydrogens is 302 g/mol. The summed E-state index contributed by atoms with van der Waals surface area (Å²) in [6, 6.07) is 0. The summed E-state index contributed by atoms with van der Waals surface area (Å²) in [5, 5.41) is 12.3. The van der Waals surface area contributed by atoms with E-state index < -0.39 is 17.6 Å². The molecule has 0 bridgehead atoms. The van der Waals surface area contributed by atoms with E-state index in [0.29, 0.717) is 12.8 Å². The van der Waals surface area contributed by atoms with Crippen molar-refractivity contribution in [3.8, 4) is 0 Å². The number of aliphatic carboxylic acids is 1. The van der Waals surface area contributed by atoms with E-state index >= 15 is 0 Å². The smallest absolute Gasteiger partial charge is 0.329 e. The summed E-state index contributed by atoms with van der Waals surface area (Å²) in [4.78, 5) is 24.0. The molecular formula is C16H27NO4S. The van der Waals surface area contributed by atoms with Crippen LogP contribution >= 0.6 is 11.8 Å². The Kier molecular flexibility index (Phi) is 6.56. The predicted octanol–water partition coefficient (Wildman–Crippen LogP) is 2.58. The van der Waals surface area contributed by atoms with Gasteiger partial charge in [0.1, 0.15) is 11.6 Å². The van der Waals surface area contributed by atoms with Crippen molar-refractivity contribution in [1.29, 1.82) is 0 Å². The van der Waals surface area contributed by atoms with Gasteiger partial charge in [-0.05, 0) is 44.1 Å². The summed E-state index contributed by atoms with van der Waals surface area (Å²) < 4.78 is 5.89. The average Bonchev–Trinajstić information content (AvgIpc) is 2.76. The molecule has 1 saturated carbocycles. The van der Waals surface area contributed by atoms with Crippen molar-refractivity contribution >= 4 is 23.6 Å². The molecule has 0 aromatic carbocycles. The quantitative estimate of drug-likeness (QED) is 0.758. The van der Waals surface area contributed by atoms with Crippen molar-refractivity contribution in [2.24, 2.45) is 0 Å². The first-order valence-electron chi connectivity index (χ1n) is 8.32. The first-order valence-corrected chi connectivity index (χ1v) is 9.47. The molecule has 1 aliphatic carbocycles. The second kappa shape index (κ2) is 8.20. The number of carboxylic acids is 1. The molecule has 22 heavy (non-hydrogen) atoms. The molecule has 2 rings (SSSR count). The zero-order valence-corrected chi connectivity index (χ0v) is 14.1. The Morgan fingerprint density at radius 2 is 1.77 bits per heavy atom. The van der Waals surface area contributed by atoms with E-state index in [0.717, 1.165) is 37.2 Å². The Labute approximate surface area is 136 Å². The first-order chi connectivity index (χ1) is 10.5. The highest BCUT2D eigenvalue weighted by Gasteiger charge is 2.42. The van der Waals surface area contributed by atoms with Crippen LogP contribution in [-0.4, -0.2) is 46.2 Å². The fourth-order valence-electron chi connectivity index (χ4n) is 3.18. The van der Waals surface area contributed by atoms with Crippen LogP contribution in [0.5, 0.6) is 0 Å². The third-order valence-corrected chi connectivity index (χ3v) is 5.67. The maximum atomic E-state index is 12.4. The minimum Gasteiger partial charge on any atom is -0.480 e. The van der Waals surface area contributed by atoms with Crippen LogP contribution in [0.4, 0.5) is 0 Å². The third kappa shape index (κ3) is 4.62. The summed E-state index contributed by atoms with van der Waals surface area (Å²) in [6.07, 6.45) is 7.27. The molecule has 5 nitrogen and oxygen atoms in total. The Balaban J connectivity index is 1.90. The number of nitrogens with one attached hydrogen (secondary N) is 1. The molecule has 126 valence electrons. The Morgan fingerprint density at radius 1 is 1.18 bits per heavy atom. The largest absolute Gasteiger partial charge is 0.480 e. The van der Waals surface area contributed by atoms with E-state index in [1.165, 1.54) is 12.8 Å². The van der Waals surface area contributed by atoms with Gasteiger partial charge in [0.2, 0.25) is 5.91 Å². The van der Waals surface area contributed by atoms with Crippen LogP contribution in [0.2, 0.25) is 0 Å². The molecule has 2 fully saturated rings. The lowest BCUT2D eigenvalue weighted by Crippen LogP contribution is -2.58. The molecule has 6 heteroatoms. The molecule has 1 atom stereocenters. The van der Waals surface area contributed by atoms with Gasteiger partial charge in [-0.3, -0.25) is 4.79 Å². The minimum atomic E-state index is -1.11. The topological polar surface area (TPSA) is 75.6 Å². The number of thioether (sulfide) groups is 1. The van der Waals surface area contributed by atoms with Gasteiger partial charge >= 0.3 is 5.97 Å². The van der Waals surface area contributed by atoms with Gasteiger partial charge in [-0.25, -0.2) is 4.79 Å². The van der Waals surface area contributed by atoms with E-state index in [1.807, 2.05) is 0 Å². The standard InChI is InChI=1S/C16H27NO4S/c1-12(21-13-6-4-2-3-5-7-13)14(18)17-16(15(19)20)8-10-22-11-9-16/h12-13H,2-11H2,1H3,(H,17,18)(H,19,20). The van der Waals surface area contributed by atoms with Gasteiger partial charge in [0.25, 0.3) is 0 Å². The Hall–Kier alpha value is -0.750. The highest BCUT2D eigenvalue weighted by Crippen LogP contribution is 2.28. The monoisotopic (exact) mass is 329 g/mol. The molecule has 0 aromatic rings. The number of rotatable bonds is 5. The van der Waals surface area contributed by atoms with Crippen LogP contribution < -0.4 is 5.32 Å². The number of hydrogen-bond acceptors (Lipinski definition) is 4. The molecule has 1 unspecified atom stereocenters. The molecule has 1 aliphatic heterocycles. The summed E-state index contributed by atoms with van der Waals surface area (Å²) in [7, 11) is 0. The van der Waals surface area contributed by atoms with Crippen molar-refractivity contribution in [3.63, 3.8) is 0 Å². The summed E-state index contributed by atoms with van der Waals surface area (Å²) in [5.74, 6) is 0.316. The van der Waals surface area contributed by atoms with Gasteiger partial charge in [0.05, 0.1) is 6.10 Å². The fourth-order valence-corrected chi connectivity index (χ4v) is 4.37. The molecule has 1 heterocycles. The molecule has 0 aromatic heterocycles. The summed E-state index contributed by atoms with van der Waals surface area (Å²) in [6.45, 7) is 1.73. The van der Waals surface area contributed by atoms with E-state index in [1.54, 1.807) is 18.7 Å². The number of carbonyl (C=O) groups excluding carboxylic acids is 1. The minimum absolute atomic E-state index is 0.130. The molecule has 1 saturated heterocycles. The van der Waals surface area contributed by atoms with Gasteiger partial charge < -0.3 is 15.2 Å². The SMILES string of the molecule is CC(OC1CCCCCC1)C(=O)NC1(C(=O)O)CCSCC1. The van der Waals surface area contributed by atoms with E-state index in [2.05, 4.69) is 5.32 Å². The normalized spacial score (nSPS) is 24.2. The van der Waals surface area contributed by atoms with Crippen LogP contribution in [0.1, 0.15) is 58.3 Å². The predicted molar refractivity (Wildman–Crippen MR) is 87.1 cm³/mol. The number of carbonyl (C=O) groups is 2. The molecule has 1 amide bonds. The second-order valence-corrected chi connectivity index (χ2v) is 7.61. The maximum Gasteiger partial charge on any atom is 0.329 e. The van der Waals surface area contributed by atoms with Gasteiger partial charge in [-0.15, -0.1) is 0 Å². The highest BCUT2D eigenvalue weighted by atomic mass is 32.2. The van der Waals surface area contributed by atoms with Crippen molar-refractivity contribution in [2.45, 2.75) is 76.0 Å². The number of carboxylic acid groups (broad SMARTS) is 1. The van der Waals surface area contributed by atoms with E-state index in [9.17, 15) is 14.7 Å². The molecule has 2 aliphatic rings. The fraction of sp³-hybridized carbons (Fsp3) is 0.875. The summed E-state index contributed by atoms with van der Waals surface area (Å²) >= 11 is 1.73. The van der Waals surface area contributed by atoms with Gasteiger partial charge in [-0.2, -0.15) is 11.8 Å². The van der Waals surface area contributed by atoms with Crippen LogP contribution in [0.15, 0.2) is 0 Å². The van der Waals surface area contributed by atoms with Gasteiger partial charge in [0.15, 0.2) is 0 Å². The van der Waals surface area contributed by atoms with Crippen molar-refractivity contribution < 1.29 is 19.4 Å². The maximum absolute atomic E-state index is 12.4. The zero-order valence-electron chi connectivity index (χ0n) is 13.3.